The van der Waals surface area contributed by atoms with Crippen molar-refractivity contribution in [3.63, 3.8) is 0 Å². The summed E-state index contributed by atoms with van der Waals surface area (Å²) in [7, 11) is -3.75. The van der Waals surface area contributed by atoms with Crippen molar-refractivity contribution in [2.45, 2.75) is 18.0 Å². The topological polar surface area (TPSA) is 58.2 Å². The van der Waals surface area contributed by atoms with Gasteiger partial charge in [-0.05, 0) is 57.4 Å². The Kier molecular flexibility index (Phi) is 3.73. The summed E-state index contributed by atoms with van der Waals surface area (Å²) in [5.41, 5.74) is 2.24. The fourth-order valence-electron chi connectivity index (χ4n) is 2.22. The van der Waals surface area contributed by atoms with E-state index in [1.165, 1.54) is 12.1 Å². The van der Waals surface area contributed by atoms with Crippen LogP contribution in [0.5, 0.6) is 0 Å². The van der Waals surface area contributed by atoms with E-state index in [-0.39, 0.29) is 10.6 Å². The molecule has 0 atom stereocenters. The second-order valence-electron chi connectivity index (χ2n) is 4.76. The molecule has 0 bridgehead atoms. The molecule has 7 heteroatoms. The molecule has 2 aromatic carbocycles. The first kappa shape index (κ1) is 14.5. The van der Waals surface area contributed by atoms with Gasteiger partial charge in [-0.1, -0.05) is 6.07 Å². The van der Waals surface area contributed by atoms with Gasteiger partial charge >= 0.3 is 0 Å². The Labute approximate surface area is 130 Å². The summed E-state index contributed by atoms with van der Waals surface area (Å²) < 4.78 is 40.9. The van der Waals surface area contributed by atoms with Crippen LogP contribution < -0.4 is 10.0 Å². The Morgan fingerprint density at radius 1 is 1.10 bits per heavy atom. The molecule has 0 saturated carbocycles. The van der Waals surface area contributed by atoms with Gasteiger partial charge in [-0.2, -0.15) is 0 Å². The molecule has 0 radical (unpaired) electrons. The molecule has 2 aromatic rings. The zero-order chi connectivity index (χ0) is 15.0. The Morgan fingerprint density at radius 3 is 2.67 bits per heavy atom. The van der Waals surface area contributed by atoms with Gasteiger partial charge in [0.25, 0.3) is 10.0 Å². The zero-order valence-corrected chi connectivity index (χ0v) is 13.3. The van der Waals surface area contributed by atoms with E-state index in [2.05, 4.69) is 26.0 Å². The van der Waals surface area contributed by atoms with E-state index < -0.39 is 15.8 Å². The first-order valence-electron chi connectivity index (χ1n) is 6.26. The van der Waals surface area contributed by atoms with E-state index in [0.717, 1.165) is 23.7 Å². The molecular formula is C14H12BrFN2O2S. The zero-order valence-electron chi connectivity index (χ0n) is 10.9. The summed E-state index contributed by atoms with van der Waals surface area (Å²) in [6.07, 6.45) is 0. The Balaban J connectivity index is 1.95. The predicted octanol–water partition coefficient (Wildman–Crippen LogP) is 2.99. The van der Waals surface area contributed by atoms with Crippen molar-refractivity contribution >= 4 is 31.6 Å². The highest BCUT2D eigenvalue weighted by Crippen LogP contribution is 2.27. The molecule has 0 unspecified atom stereocenters. The molecule has 110 valence electrons. The van der Waals surface area contributed by atoms with Crippen LogP contribution in [-0.4, -0.2) is 8.42 Å². The lowest BCUT2D eigenvalue weighted by Crippen LogP contribution is -2.14. The number of benzene rings is 2. The molecule has 0 amide bonds. The molecular weight excluding hydrogens is 359 g/mol. The number of nitrogens with one attached hydrogen (secondary N) is 2. The van der Waals surface area contributed by atoms with Crippen LogP contribution in [0.25, 0.3) is 0 Å². The summed E-state index contributed by atoms with van der Waals surface area (Å²) in [6.45, 7) is 1.40. The van der Waals surface area contributed by atoms with Gasteiger partial charge in [0.05, 0.1) is 10.6 Å². The van der Waals surface area contributed by atoms with E-state index in [1.807, 2.05) is 0 Å². The van der Waals surface area contributed by atoms with E-state index >= 15 is 0 Å². The Hall–Kier alpha value is -1.44. The molecule has 4 nitrogen and oxygen atoms in total. The van der Waals surface area contributed by atoms with Gasteiger partial charge in [0, 0.05) is 17.6 Å². The van der Waals surface area contributed by atoms with E-state index in [9.17, 15) is 12.8 Å². The lowest BCUT2D eigenvalue weighted by Gasteiger charge is -2.11. The molecule has 2 N–H and O–H groups in total. The summed E-state index contributed by atoms with van der Waals surface area (Å²) in [5.74, 6) is -0.506. The number of fused-ring (bicyclic) bond motifs is 1. The average molecular weight is 371 g/mol. The number of sulfonamides is 1. The van der Waals surface area contributed by atoms with E-state index in [4.69, 9.17) is 0 Å². The summed E-state index contributed by atoms with van der Waals surface area (Å²) in [4.78, 5) is 0.168. The van der Waals surface area contributed by atoms with Gasteiger partial charge < -0.3 is 5.32 Å². The summed E-state index contributed by atoms with van der Waals surface area (Å²) in [6, 6.07) is 8.84. The quantitative estimate of drug-likeness (QED) is 0.872. The average Bonchev–Trinajstić information content (AvgIpc) is 2.90. The van der Waals surface area contributed by atoms with E-state index in [0.29, 0.717) is 11.0 Å². The van der Waals surface area contributed by atoms with E-state index in [1.54, 1.807) is 18.2 Å². The van der Waals surface area contributed by atoms with Crippen molar-refractivity contribution in [1.29, 1.82) is 0 Å². The predicted molar refractivity (Wildman–Crippen MR) is 81.9 cm³/mol. The third-order valence-electron chi connectivity index (χ3n) is 3.29. The number of rotatable bonds is 3. The highest BCUT2D eigenvalue weighted by atomic mass is 79.9. The van der Waals surface area contributed by atoms with Crippen LogP contribution in [0.3, 0.4) is 0 Å². The van der Waals surface area contributed by atoms with Crippen molar-refractivity contribution in [2.24, 2.45) is 0 Å². The fourth-order valence-corrected chi connectivity index (χ4v) is 3.82. The highest BCUT2D eigenvalue weighted by molar-refractivity contribution is 9.10. The molecule has 3 rings (SSSR count). The number of halogens is 2. The van der Waals surface area contributed by atoms with Crippen LogP contribution in [0.2, 0.25) is 0 Å². The monoisotopic (exact) mass is 370 g/mol. The van der Waals surface area contributed by atoms with Gasteiger partial charge in [-0.15, -0.1) is 0 Å². The van der Waals surface area contributed by atoms with Gasteiger partial charge in [-0.3, -0.25) is 4.72 Å². The first-order chi connectivity index (χ1) is 9.95. The molecule has 1 heterocycles. The maximum atomic E-state index is 13.2. The van der Waals surface area contributed by atoms with Crippen molar-refractivity contribution in [1.82, 2.24) is 5.32 Å². The first-order valence-corrected chi connectivity index (χ1v) is 8.54. The molecule has 1 aliphatic rings. The molecule has 0 saturated heterocycles. The second kappa shape index (κ2) is 5.40. The van der Waals surface area contributed by atoms with Crippen LogP contribution in [-0.2, 0) is 23.1 Å². The van der Waals surface area contributed by atoms with Crippen molar-refractivity contribution in [2.75, 3.05) is 4.72 Å². The summed E-state index contributed by atoms with van der Waals surface area (Å²) >= 11 is 3.20. The highest BCUT2D eigenvalue weighted by Gasteiger charge is 2.19. The smallest absolute Gasteiger partial charge is 0.261 e. The largest absolute Gasteiger partial charge is 0.309 e. The molecule has 0 spiro atoms. The van der Waals surface area contributed by atoms with Crippen molar-refractivity contribution in [3.05, 3.63) is 57.8 Å². The van der Waals surface area contributed by atoms with Crippen molar-refractivity contribution < 1.29 is 12.8 Å². The third-order valence-corrected chi connectivity index (χ3v) is 5.35. The molecule has 0 fully saturated rings. The summed E-state index contributed by atoms with van der Waals surface area (Å²) in [5, 5.41) is 3.16. The van der Waals surface area contributed by atoms with Gasteiger partial charge in [0.1, 0.15) is 5.82 Å². The SMILES string of the molecule is O=S(=O)(Nc1cc(F)ccc1Br)c1ccc2c(c1)CNC2. The third kappa shape index (κ3) is 2.95. The van der Waals surface area contributed by atoms with Gasteiger partial charge in [-0.25, -0.2) is 12.8 Å². The number of hydrogen-bond donors (Lipinski definition) is 2. The van der Waals surface area contributed by atoms with Crippen LogP contribution in [0, 0.1) is 5.82 Å². The molecule has 1 aliphatic heterocycles. The number of anilines is 1. The normalized spacial score (nSPS) is 14.0. The minimum absolute atomic E-state index is 0.168. The van der Waals surface area contributed by atoms with Crippen LogP contribution in [0.1, 0.15) is 11.1 Å². The lowest BCUT2D eigenvalue weighted by atomic mass is 10.1. The molecule has 0 aliphatic carbocycles. The van der Waals surface area contributed by atoms with Gasteiger partial charge in [0.2, 0.25) is 0 Å². The maximum absolute atomic E-state index is 13.2. The molecule has 0 aromatic heterocycles. The van der Waals surface area contributed by atoms with Crippen molar-refractivity contribution in [3.8, 4) is 0 Å². The second-order valence-corrected chi connectivity index (χ2v) is 7.30. The molecule has 21 heavy (non-hydrogen) atoms. The van der Waals surface area contributed by atoms with Crippen LogP contribution >= 0.6 is 15.9 Å². The Morgan fingerprint density at radius 2 is 1.86 bits per heavy atom. The van der Waals surface area contributed by atoms with Crippen LogP contribution in [0.15, 0.2) is 45.8 Å². The standard InChI is InChI=1S/C14H12BrFN2O2S/c15-13-4-2-11(16)6-14(13)18-21(19,20)12-3-1-9-7-17-8-10(9)5-12/h1-6,17-18H,7-8H2. The minimum Gasteiger partial charge on any atom is -0.309 e. The lowest BCUT2D eigenvalue weighted by molar-refractivity contribution is 0.601. The Bertz CT molecular complexity index is 809. The maximum Gasteiger partial charge on any atom is 0.261 e. The minimum atomic E-state index is -3.75. The fraction of sp³-hybridized carbons (Fsp3) is 0.143. The van der Waals surface area contributed by atoms with Crippen LogP contribution in [0.4, 0.5) is 10.1 Å². The van der Waals surface area contributed by atoms with Gasteiger partial charge in [0.15, 0.2) is 0 Å². The number of hydrogen-bond acceptors (Lipinski definition) is 3.